The average molecular weight is 364 g/mol. The highest BCUT2D eigenvalue weighted by molar-refractivity contribution is 7.86. The lowest BCUT2D eigenvalue weighted by atomic mass is 10.0. The number of nitrogens with one attached hydrogen (secondary N) is 1. The van der Waals surface area contributed by atoms with Crippen LogP contribution >= 0.6 is 0 Å². The number of benzene rings is 1. The average Bonchev–Trinajstić information content (AvgIpc) is 2.58. The lowest BCUT2D eigenvalue weighted by Crippen LogP contribution is -2.73. The van der Waals surface area contributed by atoms with E-state index in [-0.39, 0.29) is 18.1 Å². The second-order valence-corrected chi connectivity index (χ2v) is 7.24. The smallest absolute Gasteiger partial charge is 0.352 e. The van der Waals surface area contributed by atoms with E-state index in [9.17, 15) is 23.7 Å². The van der Waals surface area contributed by atoms with Crippen LogP contribution in [0.2, 0.25) is 0 Å². The van der Waals surface area contributed by atoms with Gasteiger partial charge in [0.1, 0.15) is 22.9 Å². The Morgan fingerprint density at radius 1 is 1.36 bits per heavy atom. The van der Waals surface area contributed by atoms with Gasteiger partial charge in [0.05, 0.1) is 10.8 Å². The topological polar surface area (TPSA) is 113 Å². The molecule has 2 aliphatic rings. The summed E-state index contributed by atoms with van der Waals surface area (Å²) in [5.74, 6) is -1.80. The number of rotatable bonds is 5. The van der Waals surface area contributed by atoms with E-state index < -0.39 is 40.0 Å². The molecule has 3 rings (SSSR count). The number of carbonyl (C=O) groups excluding carboxylic acids is 2. The van der Waals surface area contributed by atoms with Crippen LogP contribution in [0.3, 0.4) is 0 Å². The quantitative estimate of drug-likeness (QED) is 0.702. The molecule has 25 heavy (non-hydrogen) atoms. The highest BCUT2D eigenvalue weighted by Gasteiger charge is 2.56. The van der Waals surface area contributed by atoms with E-state index in [1.54, 1.807) is 24.3 Å². The summed E-state index contributed by atoms with van der Waals surface area (Å²) in [6, 6.07) is 7.69. The van der Waals surface area contributed by atoms with Gasteiger partial charge < -0.3 is 15.2 Å². The lowest BCUT2D eigenvalue weighted by molar-refractivity contribution is -0.151. The molecule has 1 fully saturated rings. The molecule has 9 heteroatoms. The summed E-state index contributed by atoms with van der Waals surface area (Å²) in [4.78, 5) is 36.6. The summed E-state index contributed by atoms with van der Waals surface area (Å²) >= 11 is 0. The molecule has 2 aliphatic heterocycles. The Labute approximate surface area is 145 Å². The van der Waals surface area contributed by atoms with Gasteiger partial charge in [0.15, 0.2) is 6.61 Å². The molecule has 1 aromatic carbocycles. The Hall–Kier alpha value is -2.68. The molecule has 0 spiro atoms. The minimum absolute atomic E-state index is 0.0585. The van der Waals surface area contributed by atoms with Crippen molar-refractivity contribution in [2.75, 3.05) is 12.4 Å². The number of nitrogens with zero attached hydrogens (tertiary/aromatic N) is 1. The fourth-order valence-electron chi connectivity index (χ4n) is 2.84. The van der Waals surface area contributed by atoms with Gasteiger partial charge in [-0.1, -0.05) is 18.2 Å². The van der Waals surface area contributed by atoms with Gasteiger partial charge in [-0.15, -0.1) is 0 Å². The summed E-state index contributed by atoms with van der Waals surface area (Å²) in [6.45, 7) is 1.23. The number of carbonyl (C=O) groups is 3. The number of ether oxygens (including phenoxy) is 1. The van der Waals surface area contributed by atoms with Crippen molar-refractivity contribution >= 4 is 28.6 Å². The second-order valence-electron chi connectivity index (χ2n) is 5.70. The molecule has 2 amide bonds. The number of para-hydroxylation sites is 1. The fraction of sp³-hybridized carbons (Fsp3) is 0.312. The molecule has 1 saturated heterocycles. The molecule has 0 bridgehead atoms. The monoisotopic (exact) mass is 364 g/mol. The fourth-order valence-corrected chi connectivity index (χ4v) is 4.51. The van der Waals surface area contributed by atoms with E-state index in [0.29, 0.717) is 11.3 Å². The molecule has 0 saturated carbocycles. The van der Waals surface area contributed by atoms with Gasteiger partial charge >= 0.3 is 5.97 Å². The van der Waals surface area contributed by atoms with E-state index in [4.69, 9.17) is 4.74 Å². The van der Waals surface area contributed by atoms with E-state index in [2.05, 4.69) is 5.32 Å². The Morgan fingerprint density at radius 3 is 2.68 bits per heavy atom. The van der Waals surface area contributed by atoms with Crippen molar-refractivity contribution in [1.82, 2.24) is 10.2 Å². The summed E-state index contributed by atoms with van der Waals surface area (Å²) in [5, 5.41) is 10.9. The number of β-lactam (4-membered cyclic amide) rings is 1. The van der Waals surface area contributed by atoms with Crippen molar-refractivity contribution in [3.63, 3.8) is 0 Å². The molecular weight excluding hydrogens is 348 g/mol. The van der Waals surface area contributed by atoms with Crippen molar-refractivity contribution in [2.45, 2.75) is 18.3 Å². The predicted octanol–water partition coefficient (Wildman–Crippen LogP) is -0.161. The van der Waals surface area contributed by atoms with Gasteiger partial charge in [0, 0.05) is 5.75 Å². The number of aliphatic carboxylic acids is 1. The van der Waals surface area contributed by atoms with E-state index in [0.717, 1.165) is 4.90 Å². The van der Waals surface area contributed by atoms with Crippen molar-refractivity contribution < 1.29 is 28.4 Å². The molecular formula is C16H16N2O6S. The van der Waals surface area contributed by atoms with Gasteiger partial charge in [-0.2, -0.15) is 0 Å². The van der Waals surface area contributed by atoms with Crippen LogP contribution in [0.4, 0.5) is 0 Å². The van der Waals surface area contributed by atoms with Crippen molar-refractivity contribution in [2.24, 2.45) is 0 Å². The number of amides is 2. The Balaban J connectivity index is 1.65. The van der Waals surface area contributed by atoms with Crippen LogP contribution in [-0.2, 0) is 25.2 Å². The third kappa shape index (κ3) is 3.14. The summed E-state index contributed by atoms with van der Waals surface area (Å²) < 4.78 is 17.6. The van der Waals surface area contributed by atoms with Crippen LogP contribution in [0.1, 0.15) is 6.92 Å². The highest BCUT2D eigenvalue weighted by Crippen LogP contribution is 2.34. The molecule has 2 heterocycles. The molecule has 2 unspecified atom stereocenters. The molecule has 0 radical (unpaired) electrons. The van der Waals surface area contributed by atoms with Crippen LogP contribution in [0.15, 0.2) is 41.6 Å². The van der Waals surface area contributed by atoms with Crippen molar-refractivity contribution in [3.8, 4) is 5.75 Å². The maximum Gasteiger partial charge on any atom is 0.352 e. The third-order valence-electron chi connectivity index (χ3n) is 3.95. The molecule has 3 atom stereocenters. The molecule has 2 N–H and O–H groups in total. The number of fused-ring (bicyclic) bond motifs is 1. The Bertz CT molecular complexity index is 791. The Morgan fingerprint density at radius 2 is 2.04 bits per heavy atom. The van der Waals surface area contributed by atoms with Crippen LogP contribution in [0.25, 0.3) is 0 Å². The Kier molecular flexibility index (Phi) is 4.58. The van der Waals surface area contributed by atoms with Crippen LogP contribution in [0.5, 0.6) is 5.75 Å². The third-order valence-corrected chi connectivity index (χ3v) is 5.69. The van der Waals surface area contributed by atoms with Gasteiger partial charge in [-0.25, -0.2) is 4.79 Å². The molecule has 0 aliphatic carbocycles. The first-order valence-electron chi connectivity index (χ1n) is 7.50. The first-order chi connectivity index (χ1) is 11.9. The van der Waals surface area contributed by atoms with Crippen LogP contribution in [0, 0.1) is 0 Å². The largest absolute Gasteiger partial charge is 0.484 e. The number of hydrogen-bond acceptors (Lipinski definition) is 5. The van der Waals surface area contributed by atoms with Crippen LogP contribution < -0.4 is 10.1 Å². The highest BCUT2D eigenvalue weighted by atomic mass is 32.2. The maximum absolute atomic E-state index is 12.3. The van der Waals surface area contributed by atoms with E-state index >= 15 is 0 Å². The minimum atomic E-state index is -1.47. The van der Waals surface area contributed by atoms with Gasteiger partial charge in [0.25, 0.3) is 11.8 Å². The second kappa shape index (κ2) is 6.67. The van der Waals surface area contributed by atoms with Gasteiger partial charge in [0.2, 0.25) is 0 Å². The van der Waals surface area contributed by atoms with Crippen molar-refractivity contribution in [1.29, 1.82) is 0 Å². The lowest BCUT2D eigenvalue weighted by Gasteiger charge is -2.48. The van der Waals surface area contributed by atoms with E-state index in [1.807, 2.05) is 6.07 Å². The molecule has 8 nitrogen and oxygen atoms in total. The minimum Gasteiger partial charge on any atom is -0.484 e. The zero-order chi connectivity index (χ0) is 18.1. The number of carboxylic acids is 1. The van der Waals surface area contributed by atoms with Gasteiger partial charge in [-0.05, 0) is 24.6 Å². The standard InChI is InChI=1S/C16H16N2O6S/c1-9-8-25(23)15-12(14(20)18(15)13(9)16(21)22)17-11(19)7-24-10-5-3-2-4-6-10/h2-6,12,15H,7-8H2,1H3,(H,17,19)(H,21,22)/t12?,15-,25?/m0/s1. The first kappa shape index (κ1) is 17.2. The number of hydrogen-bond donors (Lipinski definition) is 2. The zero-order valence-corrected chi connectivity index (χ0v) is 14.1. The summed E-state index contributed by atoms with van der Waals surface area (Å²) in [6.07, 6.45) is 0. The maximum atomic E-state index is 12.3. The summed E-state index contributed by atoms with van der Waals surface area (Å²) in [7, 11) is -1.47. The van der Waals surface area contributed by atoms with Crippen molar-refractivity contribution in [3.05, 3.63) is 41.6 Å². The normalized spacial score (nSPS) is 25.1. The van der Waals surface area contributed by atoms with Gasteiger partial charge in [-0.3, -0.25) is 18.7 Å². The molecule has 1 aromatic rings. The molecule has 0 aromatic heterocycles. The number of carboxylic acid groups (broad SMARTS) is 1. The predicted molar refractivity (Wildman–Crippen MR) is 87.8 cm³/mol. The molecule has 132 valence electrons. The SMILES string of the molecule is CC1=C(C(=O)O)N2C(=O)C(NC(=O)COc3ccccc3)[C@@H]2S(=O)C1. The van der Waals surface area contributed by atoms with Crippen LogP contribution in [-0.4, -0.2) is 55.8 Å². The first-order valence-corrected chi connectivity index (χ1v) is 8.89. The van der Waals surface area contributed by atoms with E-state index in [1.165, 1.54) is 6.92 Å². The zero-order valence-electron chi connectivity index (χ0n) is 13.3. The summed E-state index contributed by atoms with van der Waals surface area (Å²) in [5.41, 5.74) is 0.230.